The molecule has 4 N–H and O–H groups in total. The molecule has 0 aliphatic carbocycles. The zero-order chi connectivity index (χ0) is 41.0. The van der Waals surface area contributed by atoms with Crippen molar-refractivity contribution in [3.63, 3.8) is 0 Å². The Balaban J connectivity index is 1.08. The molecule has 1 saturated heterocycles. The Morgan fingerprint density at radius 3 is 2.53 bits per heavy atom. The average Bonchev–Trinajstić information content (AvgIpc) is 3.75. The van der Waals surface area contributed by atoms with E-state index in [1.54, 1.807) is 11.9 Å². The van der Waals surface area contributed by atoms with Crippen LogP contribution in [0.15, 0.2) is 48.5 Å². The number of phosphoric acid groups is 1. The van der Waals surface area contributed by atoms with Crippen LogP contribution in [0.4, 0.5) is 5.69 Å². The number of carbonyl (C=O) groups is 3. The van der Waals surface area contributed by atoms with Crippen LogP contribution in [0.3, 0.4) is 0 Å². The first-order valence-corrected chi connectivity index (χ1v) is 21.1. The summed E-state index contributed by atoms with van der Waals surface area (Å²) in [5.41, 5.74) is 4.59. The lowest BCUT2D eigenvalue weighted by molar-refractivity contribution is -0.139. The summed E-state index contributed by atoms with van der Waals surface area (Å²) in [7, 11) is 3.16. The summed E-state index contributed by atoms with van der Waals surface area (Å²) in [5.74, 6) is -1.34. The summed E-state index contributed by atoms with van der Waals surface area (Å²) in [6.07, 6.45) is 2.64. The van der Waals surface area contributed by atoms with Crippen molar-refractivity contribution in [2.24, 2.45) is 0 Å². The monoisotopic (exact) mass is 808 g/mol. The van der Waals surface area contributed by atoms with E-state index < -0.39 is 38.0 Å². The number of benzene rings is 2. The molecule has 3 heterocycles. The van der Waals surface area contributed by atoms with Crippen LogP contribution < -0.4 is 15.5 Å². The van der Waals surface area contributed by atoms with E-state index in [0.717, 1.165) is 28.8 Å². The summed E-state index contributed by atoms with van der Waals surface area (Å²) in [6, 6.07) is 14.0. The summed E-state index contributed by atoms with van der Waals surface area (Å²) in [4.78, 5) is 50.1. The number of carboxylic acids is 1. The van der Waals surface area contributed by atoms with Gasteiger partial charge in [0.15, 0.2) is 0 Å². The maximum Gasteiger partial charge on any atom is 0.472 e. The zero-order valence-corrected chi connectivity index (χ0v) is 33.8. The van der Waals surface area contributed by atoms with E-state index in [1.165, 1.54) is 0 Å². The van der Waals surface area contributed by atoms with Gasteiger partial charge in [0, 0.05) is 43.1 Å². The molecule has 0 spiro atoms. The van der Waals surface area contributed by atoms with E-state index >= 15 is 0 Å². The summed E-state index contributed by atoms with van der Waals surface area (Å²) >= 11 is 0. The van der Waals surface area contributed by atoms with Gasteiger partial charge in [0.25, 0.3) is 0 Å². The number of rotatable bonds is 22. The van der Waals surface area contributed by atoms with E-state index in [4.69, 9.17) is 26.4 Å². The molecule has 5 atom stereocenters. The van der Waals surface area contributed by atoms with Gasteiger partial charge in [0.2, 0.25) is 11.8 Å². The van der Waals surface area contributed by atoms with Crippen LogP contribution >= 0.6 is 7.82 Å². The van der Waals surface area contributed by atoms with Crippen molar-refractivity contribution >= 4 is 39.1 Å². The molecule has 5 rings (SSSR count). The molecule has 2 aliphatic rings. The number of para-hydroxylation sites is 1. The van der Waals surface area contributed by atoms with Crippen molar-refractivity contribution in [2.45, 2.75) is 115 Å². The van der Waals surface area contributed by atoms with Gasteiger partial charge < -0.3 is 35.0 Å². The minimum absolute atomic E-state index is 0.00311. The second-order valence-corrected chi connectivity index (χ2v) is 15.9. The molecule has 3 unspecified atom stereocenters. The molecule has 18 heteroatoms. The van der Waals surface area contributed by atoms with Gasteiger partial charge in [-0.15, -0.1) is 5.10 Å². The number of likely N-dealkylation sites (N-methyl/N-ethyl adjacent to an activating group) is 1. The fraction of sp³-hybridized carbons (Fsp3) is 0.564. The quantitative estimate of drug-likeness (QED) is 0.0625. The van der Waals surface area contributed by atoms with E-state index in [-0.39, 0.29) is 56.9 Å². The summed E-state index contributed by atoms with van der Waals surface area (Å²) in [6.45, 7) is 5.15. The van der Waals surface area contributed by atoms with Crippen LogP contribution in [0, 0.1) is 0 Å². The first kappa shape index (κ1) is 44.2. The molecule has 0 bridgehead atoms. The molecule has 16 nitrogen and oxygen atoms in total. The number of carbonyl (C=O) groups excluding carboxylic acids is 2. The molecule has 1 aromatic heterocycles. The third-order valence-electron chi connectivity index (χ3n) is 9.90. The molecule has 2 aromatic carbocycles. The number of anilines is 1. The molecule has 1 fully saturated rings. The van der Waals surface area contributed by atoms with Gasteiger partial charge in [0.1, 0.15) is 25.7 Å². The number of aromatic nitrogens is 3. The molecule has 308 valence electrons. The predicted molar refractivity (Wildman–Crippen MR) is 213 cm³/mol. The Morgan fingerprint density at radius 2 is 1.77 bits per heavy atom. The number of phosphoric ester groups is 1. The molecule has 2 radical (unpaired) electrons. The van der Waals surface area contributed by atoms with E-state index in [1.807, 2.05) is 67.1 Å². The third-order valence-corrected chi connectivity index (χ3v) is 10.9. The number of amides is 2. The lowest BCUT2D eigenvalue weighted by atomic mass is 9.95. The van der Waals surface area contributed by atoms with E-state index in [0.29, 0.717) is 56.6 Å². The number of aryl methyl sites for hydroxylation is 1. The minimum atomic E-state index is -4.32. The predicted octanol–water partition coefficient (Wildman–Crippen LogP) is 4.58. The van der Waals surface area contributed by atoms with Crippen molar-refractivity contribution in [1.82, 2.24) is 25.6 Å². The SMILES string of the molecule is [B][C@H]1CC(OP(=O)(O)OCCCCCCNC(=O)CCC(=O)N2Cc3ccccc3-c3c(nnn3CCCC(NC)C(=O)O)-c3ccccc32)[C@@H](COC(C)C)O1. The van der Waals surface area contributed by atoms with Crippen molar-refractivity contribution in [2.75, 3.05) is 31.7 Å². The molecule has 2 aliphatic heterocycles. The Bertz CT molecular complexity index is 1860. The highest BCUT2D eigenvalue weighted by atomic mass is 31.2. The second-order valence-electron chi connectivity index (χ2n) is 14.5. The van der Waals surface area contributed by atoms with Gasteiger partial charge in [-0.3, -0.25) is 23.4 Å². The van der Waals surface area contributed by atoms with Crippen LogP contribution in [0.25, 0.3) is 22.5 Å². The smallest absolute Gasteiger partial charge is 0.472 e. The normalized spacial score (nSPS) is 19.2. The number of ether oxygens (including phenoxy) is 2. The number of hydrogen-bond donors (Lipinski definition) is 4. The Morgan fingerprint density at radius 1 is 1.04 bits per heavy atom. The van der Waals surface area contributed by atoms with Crippen molar-refractivity contribution in [1.29, 1.82) is 0 Å². The zero-order valence-electron chi connectivity index (χ0n) is 32.9. The first-order chi connectivity index (χ1) is 27.4. The van der Waals surface area contributed by atoms with Crippen LogP contribution in [-0.4, -0.2) is 108 Å². The highest BCUT2D eigenvalue weighted by molar-refractivity contribution is 7.47. The number of hydrogen-bond acceptors (Lipinski definition) is 11. The topological polar surface area (TPSA) is 204 Å². The molecular formula is C39H54BN6O10P. The number of fused-ring (bicyclic) bond motifs is 5. The standard InChI is InChI=1S/C39H54BN6O10P/c1-26(2)53-25-33-32(23-34(40)55-33)56-57(51,52)54-22-11-5-4-10-20-42-35(47)18-19-36(48)45-24-27-13-6-7-14-28(27)38-37(29-15-8-9-17-31(29)45)43-44-46(38)21-12-16-30(41-3)39(49)50/h6-9,13-15,17,26,30,32-34,41H,4-5,10-12,16,18-25H2,1-3H3,(H,42,47)(H,49,50)(H,51,52)/t30?,32?,33-,34-/m1/s1. The van der Waals surface area contributed by atoms with Gasteiger partial charge in [-0.1, -0.05) is 60.5 Å². The fourth-order valence-corrected chi connectivity index (χ4v) is 7.94. The molecule has 3 aromatic rings. The van der Waals surface area contributed by atoms with E-state index in [9.17, 15) is 28.9 Å². The summed E-state index contributed by atoms with van der Waals surface area (Å²) < 4.78 is 36.0. The highest BCUT2D eigenvalue weighted by Gasteiger charge is 2.39. The molecule has 2 amide bonds. The number of nitrogens with one attached hydrogen (secondary N) is 2. The second kappa shape index (κ2) is 21.2. The van der Waals surface area contributed by atoms with Crippen molar-refractivity contribution in [3.8, 4) is 22.5 Å². The average molecular weight is 809 g/mol. The molecule has 57 heavy (non-hydrogen) atoms. The maximum atomic E-state index is 13.8. The summed E-state index contributed by atoms with van der Waals surface area (Å²) in [5, 5.41) is 24.2. The van der Waals surface area contributed by atoms with Gasteiger partial charge in [-0.25, -0.2) is 9.25 Å². The fourth-order valence-electron chi connectivity index (χ4n) is 6.96. The van der Waals surface area contributed by atoms with Crippen LogP contribution in [0.5, 0.6) is 0 Å². The number of carboxylic acid groups (broad SMARTS) is 1. The first-order valence-electron chi connectivity index (χ1n) is 19.6. The van der Waals surface area contributed by atoms with Crippen molar-refractivity contribution < 1.29 is 47.5 Å². The number of nitrogens with zero attached hydrogens (tertiary/aromatic N) is 4. The van der Waals surface area contributed by atoms with Crippen molar-refractivity contribution in [3.05, 3.63) is 54.1 Å². The van der Waals surface area contributed by atoms with Gasteiger partial charge >= 0.3 is 13.8 Å². The van der Waals surface area contributed by atoms with Crippen LogP contribution in [-0.2, 0) is 50.6 Å². The lowest BCUT2D eigenvalue weighted by Crippen LogP contribution is -2.34. The van der Waals surface area contributed by atoms with Crippen LogP contribution in [0.2, 0.25) is 0 Å². The molecular weight excluding hydrogens is 754 g/mol. The van der Waals surface area contributed by atoms with Gasteiger partial charge in [-0.05, 0) is 64.6 Å². The Hall–Kier alpha value is -3.96. The Kier molecular flexibility index (Phi) is 16.4. The Labute approximate surface area is 335 Å². The third kappa shape index (κ3) is 12.5. The largest absolute Gasteiger partial charge is 0.480 e. The van der Waals surface area contributed by atoms with Gasteiger partial charge in [-0.2, -0.15) is 0 Å². The molecule has 0 saturated carbocycles. The number of aliphatic carboxylic acids is 1. The highest BCUT2D eigenvalue weighted by Crippen LogP contribution is 2.47. The van der Waals surface area contributed by atoms with Gasteiger partial charge in [0.05, 0.1) is 43.3 Å². The van der Waals surface area contributed by atoms with E-state index in [2.05, 4.69) is 20.9 Å². The lowest BCUT2D eigenvalue weighted by Gasteiger charge is -2.28. The van der Waals surface area contributed by atoms with Crippen LogP contribution in [0.1, 0.15) is 77.2 Å². The maximum absolute atomic E-state index is 13.8. The minimum Gasteiger partial charge on any atom is -0.480 e. The number of unbranched alkanes of at least 4 members (excludes halogenated alkanes) is 3.